The average molecular weight is 541 g/mol. The number of rotatable bonds is 12. The molecular formula is C33H36F4O2. The van der Waals surface area contributed by atoms with E-state index in [2.05, 4.69) is 0 Å². The predicted molar refractivity (Wildman–Crippen MR) is 148 cm³/mol. The number of ether oxygens (including phenoxy) is 2. The number of benzene rings is 3. The van der Waals surface area contributed by atoms with Crippen LogP contribution in [-0.2, 0) is 6.42 Å². The molecule has 2 nitrogen and oxygen atoms in total. The number of allylic oxidation sites excluding steroid dienone is 2. The van der Waals surface area contributed by atoms with Gasteiger partial charge in [-0.15, -0.1) is 0 Å². The molecule has 0 saturated carbocycles. The molecule has 1 aliphatic rings. The van der Waals surface area contributed by atoms with Gasteiger partial charge in [-0.25, -0.2) is 13.2 Å². The highest BCUT2D eigenvalue weighted by molar-refractivity contribution is 5.68. The van der Waals surface area contributed by atoms with Gasteiger partial charge in [0.05, 0.1) is 13.2 Å². The SMILES string of the molecule is CCCCOc1ccc(C2=CCC(CCc3ccc(-c4ccc(OCCC)cc4)c(F)c3F)CC2)c(F)c1F. The zero-order chi connectivity index (χ0) is 27.8. The van der Waals surface area contributed by atoms with E-state index in [1.165, 1.54) is 6.07 Å². The number of hydrogen-bond donors (Lipinski definition) is 0. The highest BCUT2D eigenvalue weighted by Crippen LogP contribution is 2.36. The maximum absolute atomic E-state index is 15.0. The number of hydrogen-bond acceptors (Lipinski definition) is 2. The molecule has 0 spiro atoms. The van der Waals surface area contributed by atoms with Gasteiger partial charge in [-0.05, 0) is 91.8 Å². The first kappa shape index (κ1) is 28.7. The molecule has 1 atom stereocenters. The van der Waals surface area contributed by atoms with Crippen molar-refractivity contribution < 1.29 is 27.0 Å². The van der Waals surface area contributed by atoms with Gasteiger partial charge in [0.1, 0.15) is 5.75 Å². The third kappa shape index (κ3) is 7.03. The van der Waals surface area contributed by atoms with Gasteiger partial charge < -0.3 is 9.47 Å². The second-order valence-electron chi connectivity index (χ2n) is 10.1. The van der Waals surface area contributed by atoms with Crippen molar-refractivity contribution in [2.24, 2.45) is 5.92 Å². The summed E-state index contributed by atoms with van der Waals surface area (Å²) in [4.78, 5) is 0. The maximum atomic E-state index is 15.0. The Morgan fingerprint density at radius 1 is 0.744 bits per heavy atom. The number of halogens is 4. The molecule has 0 radical (unpaired) electrons. The Labute approximate surface area is 228 Å². The van der Waals surface area contributed by atoms with Crippen molar-refractivity contribution in [3.8, 4) is 22.6 Å². The van der Waals surface area contributed by atoms with Crippen molar-refractivity contribution in [3.63, 3.8) is 0 Å². The molecule has 4 rings (SSSR count). The van der Waals surface area contributed by atoms with Crippen molar-refractivity contribution in [3.05, 3.63) is 89.0 Å². The molecule has 1 aliphatic carbocycles. The van der Waals surface area contributed by atoms with Gasteiger partial charge >= 0.3 is 0 Å². The molecule has 1 unspecified atom stereocenters. The molecule has 3 aromatic carbocycles. The Morgan fingerprint density at radius 3 is 2.18 bits per heavy atom. The van der Waals surface area contributed by atoms with Crippen LogP contribution in [0.25, 0.3) is 16.7 Å². The number of unbranched alkanes of at least 4 members (excludes halogenated alkanes) is 1. The van der Waals surface area contributed by atoms with Crippen molar-refractivity contribution >= 4 is 5.57 Å². The maximum Gasteiger partial charge on any atom is 0.201 e. The molecule has 0 N–H and O–H groups in total. The first-order valence-corrected chi connectivity index (χ1v) is 13.9. The Morgan fingerprint density at radius 2 is 1.49 bits per heavy atom. The topological polar surface area (TPSA) is 18.5 Å². The molecule has 0 fully saturated rings. The van der Waals surface area contributed by atoms with Gasteiger partial charge in [-0.3, -0.25) is 0 Å². The first-order chi connectivity index (χ1) is 18.9. The fourth-order valence-corrected chi connectivity index (χ4v) is 4.93. The Balaban J connectivity index is 1.36. The molecular weight excluding hydrogens is 504 g/mol. The van der Waals surface area contributed by atoms with E-state index < -0.39 is 23.3 Å². The lowest BCUT2D eigenvalue weighted by molar-refractivity contribution is 0.288. The summed E-state index contributed by atoms with van der Waals surface area (Å²) in [5, 5.41) is 0. The van der Waals surface area contributed by atoms with Crippen LogP contribution in [0.2, 0.25) is 0 Å². The molecule has 6 heteroatoms. The third-order valence-electron chi connectivity index (χ3n) is 7.29. The highest BCUT2D eigenvalue weighted by Gasteiger charge is 2.22. The van der Waals surface area contributed by atoms with E-state index >= 15 is 0 Å². The molecule has 0 aromatic heterocycles. The summed E-state index contributed by atoms with van der Waals surface area (Å²) in [7, 11) is 0. The van der Waals surface area contributed by atoms with Gasteiger partial charge in [0.2, 0.25) is 5.82 Å². The minimum atomic E-state index is -0.951. The zero-order valence-electron chi connectivity index (χ0n) is 22.7. The lowest BCUT2D eigenvalue weighted by Crippen LogP contribution is -2.09. The van der Waals surface area contributed by atoms with Crippen LogP contribution < -0.4 is 9.47 Å². The summed E-state index contributed by atoms with van der Waals surface area (Å²) >= 11 is 0. The number of aryl methyl sites for hydroxylation is 1. The van der Waals surface area contributed by atoms with E-state index in [0.29, 0.717) is 55.8 Å². The largest absolute Gasteiger partial charge is 0.494 e. The van der Waals surface area contributed by atoms with Crippen molar-refractivity contribution in [2.45, 2.75) is 65.2 Å². The van der Waals surface area contributed by atoms with Crippen LogP contribution in [-0.4, -0.2) is 13.2 Å². The van der Waals surface area contributed by atoms with Crippen molar-refractivity contribution in [2.75, 3.05) is 13.2 Å². The molecule has 3 aromatic rings. The van der Waals surface area contributed by atoms with E-state index in [1.54, 1.807) is 42.5 Å². The molecule has 208 valence electrons. The van der Waals surface area contributed by atoms with E-state index in [0.717, 1.165) is 31.3 Å². The second kappa shape index (κ2) is 13.7. The van der Waals surface area contributed by atoms with E-state index in [-0.39, 0.29) is 22.8 Å². The lowest BCUT2D eigenvalue weighted by Gasteiger charge is -2.23. The summed E-state index contributed by atoms with van der Waals surface area (Å²) in [5.74, 6) is -2.59. The van der Waals surface area contributed by atoms with Crippen LogP contribution in [0.4, 0.5) is 17.6 Å². The van der Waals surface area contributed by atoms with Crippen LogP contribution in [0.3, 0.4) is 0 Å². The van der Waals surface area contributed by atoms with Gasteiger partial charge in [0.15, 0.2) is 23.2 Å². The van der Waals surface area contributed by atoms with Gasteiger partial charge in [0, 0.05) is 11.1 Å². The third-order valence-corrected chi connectivity index (χ3v) is 7.29. The quantitative estimate of drug-likeness (QED) is 0.168. The summed E-state index contributed by atoms with van der Waals surface area (Å²) in [6.45, 7) is 4.98. The van der Waals surface area contributed by atoms with Crippen molar-refractivity contribution in [1.29, 1.82) is 0 Å². The first-order valence-electron chi connectivity index (χ1n) is 13.9. The van der Waals surface area contributed by atoms with E-state index in [1.807, 2.05) is 19.9 Å². The highest BCUT2D eigenvalue weighted by atomic mass is 19.2. The summed E-state index contributed by atoms with van der Waals surface area (Å²) in [6.07, 6.45) is 7.67. The predicted octanol–water partition coefficient (Wildman–Crippen LogP) is 9.69. The average Bonchev–Trinajstić information content (AvgIpc) is 2.96. The molecule has 0 saturated heterocycles. The van der Waals surface area contributed by atoms with E-state index in [4.69, 9.17) is 9.47 Å². The minimum absolute atomic E-state index is 0.0581. The van der Waals surface area contributed by atoms with Crippen LogP contribution in [0, 0.1) is 29.2 Å². The standard InChI is InChI=1S/C33H36F4O2/c1-3-5-21-39-29-19-18-28(32(36)33(29)37)23-9-6-22(7-10-23)8-11-25-14-17-27(31(35)30(25)34)24-12-15-26(16-13-24)38-20-4-2/h9,12-19,22H,3-8,10-11,20-21H2,1-2H3. The Bertz CT molecular complexity index is 1280. The Kier molecular flexibility index (Phi) is 10.1. The molecule has 0 amide bonds. The summed E-state index contributed by atoms with van der Waals surface area (Å²) in [6, 6.07) is 13.3. The summed E-state index contributed by atoms with van der Waals surface area (Å²) < 4.78 is 70.1. The summed E-state index contributed by atoms with van der Waals surface area (Å²) in [5.41, 5.74) is 2.20. The second-order valence-corrected chi connectivity index (χ2v) is 10.1. The molecule has 39 heavy (non-hydrogen) atoms. The van der Waals surface area contributed by atoms with Gasteiger partial charge in [0.25, 0.3) is 0 Å². The van der Waals surface area contributed by atoms with Crippen LogP contribution in [0.5, 0.6) is 11.5 Å². The lowest BCUT2D eigenvalue weighted by atomic mass is 9.83. The minimum Gasteiger partial charge on any atom is -0.494 e. The molecule has 0 aliphatic heterocycles. The smallest absolute Gasteiger partial charge is 0.201 e. The van der Waals surface area contributed by atoms with Gasteiger partial charge in [-0.2, -0.15) is 4.39 Å². The fourth-order valence-electron chi connectivity index (χ4n) is 4.93. The van der Waals surface area contributed by atoms with Crippen LogP contribution in [0.15, 0.2) is 54.6 Å². The van der Waals surface area contributed by atoms with E-state index in [9.17, 15) is 17.6 Å². The zero-order valence-corrected chi connectivity index (χ0v) is 22.7. The van der Waals surface area contributed by atoms with Crippen LogP contribution >= 0.6 is 0 Å². The molecule has 0 heterocycles. The normalized spacial score (nSPS) is 15.2. The van der Waals surface area contributed by atoms with Crippen LogP contribution in [0.1, 0.15) is 69.9 Å². The van der Waals surface area contributed by atoms with Gasteiger partial charge in [-0.1, -0.05) is 50.6 Å². The monoisotopic (exact) mass is 540 g/mol. The molecule has 0 bridgehead atoms. The van der Waals surface area contributed by atoms with Crippen molar-refractivity contribution in [1.82, 2.24) is 0 Å². The fraction of sp³-hybridized carbons (Fsp3) is 0.394. The Hall–Kier alpha value is -3.28.